The number of hydrogen-bond acceptors (Lipinski definition) is 5. The van der Waals surface area contributed by atoms with Gasteiger partial charge in [0.15, 0.2) is 5.78 Å². The Hall–Kier alpha value is -4.51. The van der Waals surface area contributed by atoms with Gasteiger partial charge in [-0.1, -0.05) is 78.9 Å². The summed E-state index contributed by atoms with van der Waals surface area (Å²) in [5, 5.41) is 0. The number of carbonyl (C=O) groups excluding carboxylic acids is 3. The first-order chi connectivity index (χ1) is 16.5. The van der Waals surface area contributed by atoms with Crippen LogP contribution in [0, 0.1) is 0 Å². The van der Waals surface area contributed by atoms with Crippen molar-refractivity contribution in [3.63, 3.8) is 0 Å². The van der Waals surface area contributed by atoms with Crippen LogP contribution in [0.5, 0.6) is 11.5 Å². The average molecular weight is 450 g/mol. The van der Waals surface area contributed by atoms with E-state index in [2.05, 4.69) is 0 Å². The molecule has 1 atom stereocenters. The zero-order chi connectivity index (χ0) is 23.9. The van der Waals surface area contributed by atoms with Crippen molar-refractivity contribution in [1.29, 1.82) is 0 Å². The summed E-state index contributed by atoms with van der Waals surface area (Å²) in [7, 11) is 0. The number of rotatable bonds is 7. The molecule has 4 aromatic rings. The molecule has 0 spiro atoms. The van der Waals surface area contributed by atoms with Gasteiger partial charge in [0.2, 0.25) is 0 Å². The van der Waals surface area contributed by atoms with E-state index >= 15 is 0 Å². The third-order valence-electron chi connectivity index (χ3n) is 5.31. The maximum Gasteiger partial charge on any atom is 0.347 e. The second kappa shape index (κ2) is 10.4. The van der Waals surface area contributed by atoms with Gasteiger partial charge in [-0.3, -0.25) is 9.59 Å². The van der Waals surface area contributed by atoms with Crippen molar-refractivity contribution in [2.24, 2.45) is 0 Å². The molecule has 0 N–H and O–H groups in total. The van der Waals surface area contributed by atoms with Gasteiger partial charge in [0.1, 0.15) is 17.1 Å². The van der Waals surface area contributed by atoms with E-state index in [4.69, 9.17) is 9.47 Å². The minimum absolute atomic E-state index is 0.108. The number of ether oxygens (including phenoxy) is 2. The number of carbonyl (C=O) groups is 3. The smallest absolute Gasteiger partial charge is 0.347 e. The van der Waals surface area contributed by atoms with Gasteiger partial charge in [-0.05, 0) is 42.8 Å². The molecule has 0 saturated heterocycles. The Bertz CT molecular complexity index is 1310. The van der Waals surface area contributed by atoms with Crippen LogP contribution in [0.15, 0.2) is 109 Å². The van der Waals surface area contributed by atoms with E-state index in [0.29, 0.717) is 22.4 Å². The quantitative estimate of drug-likeness (QED) is 0.201. The predicted octanol–water partition coefficient (Wildman–Crippen LogP) is 5.85. The average Bonchev–Trinajstić information content (AvgIpc) is 2.89. The van der Waals surface area contributed by atoms with Crippen LogP contribution >= 0.6 is 0 Å². The van der Waals surface area contributed by atoms with E-state index in [1.807, 2.05) is 12.1 Å². The van der Waals surface area contributed by atoms with E-state index in [9.17, 15) is 14.4 Å². The lowest BCUT2D eigenvalue weighted by Gasteiger charge is -2.14. The molecular formula is C29H22O5. The molecule has 0 amide bonds. The van der Waals surface area contributed by atoms with Gasteiger partial charge in [-0.25, -0.2) is 4.79 Å². The summed E-state index contributed by atoms with van der Waals surface area (Å²) in [4.78, 5) is 38.4. The molecule has 0 fully saturated rings. The van der Waals surface area contributed by atoms with Gasteiger partial charge in [-0.2, -0.15) is 0 Å². The van der Waals surface area contributed by atoms with Crippen molar-refractivity contribution in [3.05, 3.63) is 131 Å². The van der Waals surface area contributed by atoms with Gasteiger partial charge in [0.25, 0.3) is 0 Å². The minimum Gasteiger partial charge on any atom is -0.425 e. The summed E-state index contributed by atoms with van der Waals surface area (Å²) < 4.78 is 11.0. The van der Waals surface area contributed by atoms with Gasteiger partial charge >= 0.3 is 11.9 Å². The second-order valence-electron chi connectivity index (χ2n) is 7.66. The molecule has 5 nitrogen and oxygen atoms in total. The zero-order valence-electron chi connectivity index (χ0n) is 18.5. The molecule has 34 heavy (non-hydrogen) atoms. The zero-order valence-corrected chi connectivity index (χ0v) is 18.5. The number of ketones is 1. The van der Waals surface area contributed by atoms with Crippen LogP contribution in [0.2, 0.25) is 0 Å². The molecule has 0 aromatic heterocycles. The van der Waals surface area contributed by atoms with Gasteiger partial charge in [-0.15, -0.1) is 0 Å². The Morgan fingerprint density at radius 2 is 1.26 bits per heavy atom. The Balaban J connectivity index is 1.51. The first kappa shape index (κ1) is 22.7. The highest BCUT2D eigenvalue weighted by Crippen LogP contribution is 2.25. The lowest BCUT2D eigenvalue weighted by atomic mass is 9.96. The van der Waals surface area contributed by atoms with Crippen molar-refractivity contribution in [1.82, 2.24) is 0 Å². The molecule has 0 aliphatic heterocycles. The van der Waals surface area contributed by atoms with E-state index in [-0.39, 0.29) is 17.1 Å². The van der Waals surface area contributed by atoms with E-state index in [0.717, 1.165) is 0 Å². The molecule has 4 aromatic carbocycles. The van der Waals surface area contributed by atoms with Crippen LogP contribution in [-0.4, -0.2) is 17.7 Å². The Morgan fingerprint density at radius 1 is 0.647 bits per heavy atom. The SMILES string of the molecule is C[C@H](C(=O)Oc1ccccc1C(=O)Oc1ccccc1)c1cccc(C(=O)c2ccccc2)c1. The minimum atomic E-state index is -0.665. The van der Waals surface area contributed by atoms with Crippen LogP contribution in [0.4, 0.5) is 0 Å². The van der Waals surface area contributed by atoms with E-state index < -0.39 is 17.9 Å². The largest absolute Gasteiger partial charge is 0.425 e. The van der Waals surface area contributed by atoms with Gasteiger partial charge < -0.3 is 9.47 Å². The Kier molecular flexibility index (Phi) is 6.94. The maximum absolute atomic E-state index is 12.9. The normalized spacial score (nSPS) is 11.3. The van der Waals surface area contributed by atoms with E-state index in [1.54, 1.807) is 97.9 Å². The number of benzene rings is 4. The molecule has 0 radical (unpaired) electrons. The topological polar surface area (TPSA) is 69.7 Å². The Morgan fingerprint density at radius 3 is 2.00 bits per heavy atom. The van der Waals surface area contributed by atoms with Crippen LogP contribution in [0.3, 0.4) is 0 Å². The number of esters is 2. The fraction of sp³-hybridized carbons (Fsp3) is 0.0690. The molecule has 4 rings (SSSR count). The van der Waals surface area contributed by atoms with Crippen LogP contribution in [0.1, 0.15) is 44.7 Å². The van der Waals surface area contributed by atoms with Gasteiger partial charge in [0.05, 0.1) is 5.92 Å². The predicted molar refractivity (Wildman–Crippen MR) is 128 cm³/mol. The molecule has 0 aliphatic carbocycles. The third-order valence-corrected chi connectivity index (χ3v) is 5.31. The molecule has 168 valence electrons. The van der Waals surface area contributed by atoms with Crippen molar-refractivity contribution in [2.45, 2.75) is 12.8 Å². The highest BCUT2D eigenvalue weighted by atomic mass is 16.5. The standard InChI is InChI=1S/C29H22O5/c1-20(22-13-10-14-23(19-22)27(30)21-11-4-2-5-12-21)28(31)34-26-18-9-8-17-25(26)29(32)33-24-15-6-3-7-16-24/h2-20H,1H3/t20-/m0/s1. The number of hydrogen-bond donors (Lipinski definition) is 0. The molecule has 5 heteroatoms. The second-order valence-corrected chi connectivity index (χ2v) is 7.66. The summed E-state index contributed by atoms with van der Waals surface area (Å²) in [5.74, 6) is -1.47. The molecule has 0 unspecified atom stereocenters. The van der Waals surface area contributed by atoms with Crippen molar-refractivity contribution >= 4 is 17.7 Å². The summed E-state index contributed by atoms with van der Waals surface area (Å²) in [6, 6.07) is 30.9. The number of para-hydroxylation sites is 2. The van der Waals surface area contributed by atoms with Gasteiger partial charge in [0, 0.05) is 11.1 Å². The fourth-order valence-electron chi connectivity index (χ4n) is 3.41. The summed E-state index contributed by atoms with van der Waals surface area (Å²) in [6.07, 6.45) is 0. The highest BCUT2D eigenvalue weighted by Gasteiger charge is 2.22. The van der Waals surface area contributed by atoms with Crippen molar-refractivity contribution in [2.75, 3.05) is 0 Å². The van der Waals surface area contributed by atoms with E-state index in [1.165, 1.54) is 6.07 Å². The van der Waals surface area contributed by atoms with Crippen molar-refractivity contribution in [3.8, 4) is 11.5 Å². The lowest BCUT2D eigenvalue weighted by Crippen LogP contribution is -2.19. The summed E-state index contributed by atoms with van der Waals surface area (Å²) >= 11 is 0. The van der Waals surface area contributed by atoms with Crippen LogP contribution in [0.25, 0.3) is 0 Å². The van der Waals surface area contributed by atoms with Crippen LogP contribution < -0.4 is 9.47 Å². The first-order valence-electron chi connectivity index (χ1n) is 10.8. The monoisotopic (exact) mass is 450 g/mol. The summed E-state index contributed by atoms with van der Waals surface area (Å²) in [6.45, 7) is 1.69. The lowest BCUT2D eigenvalue weighted by molar-refractivity contribution is -0.135. The molecule has 0 aliphatic rings. The maximum atomic E-state index is 12.9. The molecular weight excluding hydrogens is 428 g/mol. The molecule has 0 bridgehead atoms. The third kappa shape index (κ3) is 5.27. The summed E-state index contributed by atoms with van der Waals surface area (Å²) in [5.41, 5.74) is 1.83. The molecule has 0 saturated carbocycles. The first-order valence-corrected chi connectivity index (χ1v) is 10.8. The molecule has 0 heterocycles. The van der Waals surface area contributed by atoms with Crippen molar-refractivity contribution < 1.29 is 23.9 Å². The Labute approximate surface area is 197 Å². The highest BCUT2D eigenvalue weighted by molar-refractivity contribution is 6.09. The van der Waals surface area contributed by atoms with Crippen LogP contribution in [-0.2, 0) is 4.79 Å². The fourth-order valence-corrected chi connectivity index (χ4v) is 3.41.